The fourth-order valence-corrected chi connectivity index (χ4v) is 4.99. The van der Waals surface area contributed by atoms with E-state index in [-0.39, 0.29) is 11.2 Å². The lowest BCUT2D eigenvalue weighted by Gasteiger charge is -2.52. The van der Waals surface area contributed by atoms with Gasteiger partial charge in [0.1, 0.15) is 0 Å². The van der Waals surface area contributed by atoms with Gasteiger partial charge >= 0.3 is 0 Å². The molecule has 0 aromatic rings. The normalized spacial score (nSPS) is 43.8. The van der Waals surface area contributed by atoms with E-state index in [4.69, 9.17) is 4.74 Å². The highest BCUT2D eigenvalue weighted by atomic mass is 16.5. The summed E-state index contributed by atoms with van der Waals surface area (Å²) in [5, 5.41) is 0. The summed E-state index contributed by atoms with van der Waals surface area (Å²) in [6.45, 7) is 9.45. The maximum atomic E-state index is 6.81. The summed E-state index contributed by atoms with van der Waals surface area (Å²) in [5.74, 6) is 0.767. The molecule has 3 aliphatic rings. The molecule has 1 aliphatic heterocycles. The predicted molar refractivity (Wildman–Crippen MR) is 80.2 cm³/mol. The van der Waals surface area contributed by atoms with E-state index in [1.807, 2.05) is 0 Å². The molecule has 19 heavy (non-hydrogen) atoms. The predicted octanol–water partition coefficient (Wildman–Crippen LogP) is 5.25. The molecule has 0 aromatic heterocycles. The zero-order valence-corrected chi connectivity index (χ0v) is 13.2. The van der Waals surface area contributed by atoms with Crippen LogP contribution in [0.3, 0.4) is 0 Å². The van der Waals surface area contributed by atoms with Gasteiger partial charge < -0.3 is 4.74 Å². The average Bonchev–Trinajstić information content (AvgIpc) is 2.58. The molecule has 0 radical (unpaired) electrons. The fraction of sp³-hybridized carbons (Fsp3) is 0.889. The molecule has 2 unspecified atom stereocenters. The van der Waals surface area contributed by atoms with E-state index in [9.17, 15) is 0 Å². The van der Waals surface area contributed by atoms with Crippen LogP contribution in [-0.2, 0) is 4.74 Å². The largest absolute Gasteiger partial charge is 0.364 e. The van der Waals surface area contributed by atoms with Crippen LogP contribution in [0, 0.1) is 11.3 Å². The lowest BCUT2D eigenvalue weighted by Crippen LogP contribution is -2.51. The lowest BCUT2D eigenvalue weighted by molar-refractivity contribution is -0.132. The zero-order valence-electron chi connectivity index (χ0n) is 13.2. The van der Waals surface area contributed by atoms with Crippen LogP contribution in [0.4, 0.5) is 0 Å². The number of fused-ring (bicyclic) bond motifs is 1. The quantitative estimate of drug-likeness (QED) is 0.631. The minimum atomic E-state index is 0.0837. The van der Waals surface area contributed by atoms with Gasteiger partial charge in [-0.2, -0.15) is 0 Å². The van der Waals surface area contributed by atoms with Crippen molar-refractivity contribution < 1.29 is 4.74 Å². The Hall–Kier alpha value is -0.300. The first-order valence-corrected chi connectivity index (χ1v) is 8.33. The molecule has 1 heteroatoms. The van der Waals surface area contributed by atoms with Gasteiger partial charge in [-0.25, -0.2) is 0 Å². The van der Waals surface area contributed by atoms with E-state index in [0.29, 0.717) is 5.41 Å². The summed E-state index contributed by atoms with van der Waals surface area (Å²) in [7, 11) is 0. The number of allylic oxidation sites excluding steroid dienone is 1. The minimum absolute atomic E-state index is 0.0837. The van der Waals surface area contributed by atoms with Gasteiger partial charge in [0.15, 0.2) is 0 Å². The summed E-state index contributed by atoms with van der Waals surface area (Å²) in [4.78, 5) is 0. The highest BCUT2D eigenvalue weighted by Gasteiger charge is 2.64. The van der Waals surface area contributed by atoms with Gasteiger partial charge in [0.2, 0.25) is 0 Å². The van der Waals surface area contributed by atoms with E-state index in [1.54, 1.807) is 5.57 Å². The zero-order chi connectivity index (χ0) is 13.7. The van der Waals surface area contributed by atoms with Crippen LogP contribution < -0.4 is 0 Å². The summed E-state index contributed by atoms with van der Waals surface area (Å²) in [6.07, 6.45) is 13.0. The van der Waals surface area contributed by atoms with Crippen molar-refractivity contribution >= 4 is 0 Å². The Morgan fingerprint density at radius 1 is 1.26 bits per heavy atom. The Morgan fingerprint density at radius 2 is 2.05 bits per heavy atom. The van der Waals surface area contributed by atoms with Crippen LogP contribution in [0.25, 0.3) is 0 Å². The second-order valence-corrected chi connectivity index (χ2v) is 7.90. The molecule has 1 spiro atoms. The third kappa shape index (κ3) is 1.84. The van der Waals surface area contributed by atoms with E-state index in [1.165, 1.54) is 51.4 Å². The monoisotopic (exact) mass is 262 g/mol. The van der Waals surface area contributed by atoms with Crippen molar-refractivity contribution in [3.8, 4) is 0 Å². The molecule has 2 fully saturated rings. The van der Waals surface area contributed by atoms with Crippen molar-refractivity contribution in [1.29, 1.82) is 0 Å². The lowest BCUT2D eigenvalue weighted by atomic mass is 9.55. The smallest absolute Gasteiger partial charge is 0.0955 e. The molecule has 0 N–H and O–H groups in total. The summed E-state index contributed by atoms with van der Waals surface area (Å²) >= 11 is 0. The Kier molecular flexibility index (Phi) is 3.13. The van der Waals surface area contributed by atoms with E-state index >= 15 is 0 Å². The second-order valence-electron chi connectivity index (χ2n) is 7.90. The topological polar surface area (TPSA) is 9.23 Å². The van der Waals surface area contributed by atoms with Crippen molar-refractivity contribution in [1.82, 2.24) is 0 Å². The van der Waals surface area contributed by atoms with E-state index < -0.39 is 0 Å². The molecular weight excluding hydrogens is 232 g/mol. The molecular formula is C18H30O. The minimum Gasteiger partial charge on any atom is -0.364 e. The second kappa shape index (κ2) is 4.35. The van der Waals surface area contributed by atoms with Gasteiger partial charge in [-0.1, -0.05) is 26.3 Å². The average molecular weight is 262 g/mol. The molecule has 2 bridgehead atoms. The SMILES string of the molecule is CCCCC1=CCC[C@@]2(C)CCC3CC12OC3(C)C. The summed E-state index contributed by atoms with van der Waals surface area (Å²) < 4.78 is 6.81. The number of hydrogen-bond acceptors (Lipinski definition) is 1. The molecule has 1 nitrogen and oxygen atoms in total. The first kappa shape index (κ1) is 13.7. The molecule has 2 aliphatic carbocycles. The third-order valence-electron chi connectivity index (χ3n) is 6.38. The number of ether oxygens (including phenoxy) is 1. The molecule has 0 aromatic carbocycles. The molecule has 0 amide bonds. The number of unbranched alkanes of at least 4 members (excludes halogenated alkanes) is 1. The fourth-order valence-electron chi connectivity index (χ4n) is 4.99. The van der Waals surface area contributed by atoms with Crippen LogP contribution in [0.15, 0.2) is 11.6 Å². The molecule has 108 valence electrons. The van der Waals surface area contributed by atoms with Gasteiger partial charge in [-0.3, -0.25) is 0 Å². The summed E-state index contributed by atoms with van der Waals surface area (Å²) in [5.41, 5.74) is 2.22. The van der Waals surface area contributed by atoms with Crippen LogP contribution >= 0.6 is 0 Å². The van der Waals surface area contributed by atoms with Gasteiger partial charge in [0.05, 0.1) is 11.2 Å². The highest BCUT2D eigenvalue weighted by Crippen LogP contribution is 2.65. The van der Waals surface area contributed by atoms with Gasteiger partial charge in [0.25, 0.3) is 0 Å². The standard InChI is InChI=1S/C18H30O/c1-5-6-8-14-9-7-11-17(4)12-10-15-13-18(14,17)19-16(15,2)3/h9,15H,5-8,10-13H2,1-4H3/t15?,17-,18?/m0/s1. The Bertz CT molecular complexity index is 394. The van der Waals surface area contributed by atoms with Crippen LogP contribution in [-0.4, -0.2) is 11.2 Å². The van der Waals surface area contributed by atoms with Crippen molar-refractivity contribution in [3.05, 3.63) is 11.6 Å². The highest BCUT2D eigenvalue weighted by molar-refractivity contribution is 5.31. The van der Waals surface area contributed by atoms with Crippen LogP contribution in [0.1, 0.15) is 79.1 Å². The van der Waals surface area contributed by atoms with Crippen molar-refractivity contribution in [2.75, 3.05) is 0 Å². The van der Waals surface area contributed by atoms with Crippen molar-refractivity contribution in [2.24, 2.45) is 11.3 Å². The van der Waals surface area contributed by atoms with Crippen LogP contribution in [0.5, 0.6) is 0 Å². The molecule has 3 atom stereocenters. The molecule has 1 saturated heterocycles. The maximum absolute atomic E-state index is 6.81. The van der Waals surface area contributed by atoms with Gasteiger partial charge in [0, 0.05) is 5.41 Å². The van der Waals surface area contributed by atoms with E-state index in [0.717, 1.165) is 5.92 Å². The van der Waals surface area contributed by atoms with Crippen LogP contribution in [0.2, 0.25) is 0 Å². The van der Waals surface area contributed by atoms with Crippen molar-refractivity contribution in [3.63, 3.8) is 0 Å². The Balaban J connectivity index is 1.98. The Morgan fingerprint density at radius 3 is 2.79 bits per heavy atom. The first-order valence-electron chi connectivity index (χ1n) is 8.33. The number of rotatable bonds is 3. The van der Waals surface area contributed by atoms with Gasteiger partial charge in [-0.05, 0) is 70.3 Å². The van der Waals surface area contributed by atoms with E-state index in [2.05, 4.69) is 33.8 Å². The molecule has 1 heterocycles. The molecule has 1 saturated carbocycles. The third-order valence-corrected chi connectivity index (χ3v) is 6.38. The molecule has 3 rings (SSSR count). The summed E-state index contributed by atoms with van der Waals surface area (Å²) in [6, 6.07) is 0. The van der Waals surface area contributed by atoms with Gasteiger partial charge in [-0.15, -0.1) is 0 Å². The first-order chi connectivity index (χ1) is 8.94. The Labute approximate surface area is 118 Å². The number of hydrogen-bond donors (Lipinski definition) is 0. The van der Waals surface area contributed by atoms with Crippen molar-refractivity contribution in [2.45, 2.75) is 90.3 Å². The maximum Gasteiger partial charge on any atom is 0.0955 e.